The molecule has 18 heteroatoms. The summed E-state index contributed by atoms with van der Waals surface area (Å²) in [5, 5.41) is 17.2. The molecule has 2 aliphatic carbocycles. The van der Waals surface area contributed by atoms with Crippen LogP contribution in [0.25, 0.3) is 44.4 Å². The fraction of sp³-hybridized carbons (Fsp3) is 0.476. The molecule has 424 valence electrons. The van der Waals surface area contributed by atoms with Gasteiger partial charge in [0.2, 0.25) is 5.91 Å². The monoisotopic (exact) mass is 1100 g/mol. The number of morpholine rings is 1. The number of hydrogen-bond donors (Lipinski definition) is 3. The molecule has 13 rings (SSSR count). The minimum atomic E-state index is -1.17. The second-order valence-electron chi connectivity index (χ2n) is 24.0. The molecule has 5 fully saturated rings. The Balaban J connectivity index is 0.932. The number of fused-ring (bicyclic) bond motifs is 6. The van der Waals surface area contributed by atoms with Gasteiger partial charge < -0.3 is 38.8 Å². The molecule has 3 N–H and O–H groups in total. The molecule has 7 unspecified atom stereocenters. The van der Waals surface area contributed by atoms with E-state index in [1.807, 2.05) is 74.9 Å². The molecular weight excluding hydrogens is 1030 g/mol. The Bertz CT molecular complexity index is 3370. The van der Waals surface area contributed by atoms with E-state index in [1.165, 1.54) is 9.91 Å². The molecule has 0 radical (unpaired) electrons. The van der Waals surface area contributed by atoms with E-state index in [9.17, 15) is 19.5 Å². The zero-order chi connectivity index (χ0) is 56.4. The number of aromatic hydroxyl groups is 1. The maximum Gasteiger partial charge on any atom is 0.325 e. The molecular formula is C63H73N9O9. The molecule has 8 bridgehead atoms. The number of phenols is 1. The lowest BCUT2D eigenvalue weighted by Gasteiger charge is -2.53. The molecule has 3 aromatic heterocycles. The highest BCUT2D eigenvalue weighted by Gasteiger charge is 2.53. The number of nitrogens with one attached hydrogen (secondary N) is 2. The number of ether oxygens (including phenoxy) is 4. The van der Waals surface area contributed by atoms with Crippen molar-refractivity contribution in [2.75, 3.05) is 53.7 Å². The van der Waals surface area contributed by atoms with Crippen molar-refractivity contribution >= 4 is 34.6 Å². The van der Waals surface area contributed by atoms with Crippen molar-refractivity contribution in [2.45, 2.75) is 122 Å². The summed E-state index contributed by atoms with van der Waals surface area (Å²) in [7, 11) is 3.33. The van der Waals surface area contributed by atoms with Gasteiger partial charge in [-0.25, -0.2) is 15.4 Å². The zero-order valence-electron chi connectivity index (χ0n) is 47.3. The number of aryl methyl sites for hydroxylation is 1. The maximum absolute atomic E-state index is 15.3. The Morgan fingerprint density at radius 2 is 1.68 bits per heavy atom. The normalized spacial score (nSPS) is 25.6. The van der Waals surface area contributed by atoms with Crippen LogP contribution in [0.1, 0.15) is 100 Å². The lowest BCUT2D eigenvalue weighted by molar-refractivity contribution is -0.171. The number of nitrogens with zero attached hydrogens (tertiary/aromatic N) is 7. The highest BCUT2D eigenvalue weighted by Crippen LogP contribution is 2.58. The lowest BCUT2D eigenvalue weighted by Crippen LogP contribution is -2.72. The number of pyridine rings is 1. The van der Waals surface area contributed by atoms with E-state index >= 15 is 4.79 Å². The number of rotatable bonds is 11. The molecule has 3 amide bonds. The number of esters is 1. The smallest absolute Gasteiger partial charge is 0.325 e. The van der Waals surface area contributed by atoms with Crippen LogP contribution in [0.2, 0.25) is 0 Å². The minimum absolute atomic E-state index is 0.0108. The topological polar surface area (TPSA) is 203 Å². The van der Waals surface area contributed by atoms with Crippen molar-refractivity contribution in [1.82, 2.24) is 45.1 Å². The van der Waals surface area contributed by atoms with Gasteiger partial charge in [-0.05, 0) is 96.2 Å². The van der Waals surface area contributed by atoms with Crippen LogP contribution in [0.4, 0.5) is 0 Å². The fourth-order valence-electron chi connectivity index (χ4n) is 13.8. The third-order valence-corrected chi connectivity index (χ3v) is 18.0. The molecule has 7 atom stereocenters. The number of aromatic nitrogens is 4. The number of phenolic OH excluding ortho intramolecular Hbond substituents is 1. The van der Waals surface area contributed by atoms with Crippen LogP contribution < -0.4 is 10.7 Å². The van der Waals surface area contributed by atoms with Gasteiger partial charge in [0.15, 0.2) is 0 Å². The zero-order valence-corrected chi connectivity index (χ0v) is 47.3. The van der Waals surface area contributed by atoms with Gasteiger partial charge in [0, 0.05) is 116 Å². The van der Waals surface area contributed by atoms with Crippen LogP contribution in [-0.4, -0.2) is 147 Å². The largest absolute Gasteiger partial charge is 0.508 e. The molecule has 7 aliphatic rings. The molecule has 3 aromatic carbocycles. The molecule has 81 heavy (non-hydrogen) atoms. The van der Waals surface area contributed by atoms with Gasteiger partial charge in [0.25, 0.3) is 11.8 Å². The number of cyclic esters (lactones) is 1. The average molecular weight is 1100 g/mol. The fourth-order valence-corrected chi connectivity index (χ4v) is 13.8. The highest BCUT2D eigenvalue weighted by atomic mass is 16.5. The first kappa shape index (κ1) is 54.5. The first-order valence-electron chi connectivity index (χ1n) is 28.7. The van der Waals surface area contributed by atoms with Gasteiger partial charge in [-0.2, -0.15) is 0 Å². The van der Waals surface area contributed by atoms with E-state index < -0.39 is 53.5 Å². The quantitative estimate of drug-likeness (QED) is 0.109. The van der Waals surface area contributed by atoms with E-state index in [0.29, 0.717) is 63.3 Å². The Kier molecular flexibility index (Phi) is 14.8. The molecule has 8 heterocycles. The summed E-state index contributed by atoms with van der Waals surface area (Å²) < 4.78 is 27.0. The van der Waals surface area contributed by atoms with Crippen molar-refractivity contribution in [3.63, 3.8) is 0 Å². The lowest BCUT2D eigenvalue weighted by atomic mass is 9.67. The molecule has 6 aromatic rings. The average Bonchev–Trinajstić information content (AvgIpc) is 2.81. The summed E-state index contributed by atoms with van der Waals surface area (Å²) in [4.78, 5) is 77.8. The van der Waals surface area contributed by atoms with Crippen LogP contribution in [0, 0.1) is 17.3 Å². The van der Waals surface area contributed by atoms with Crippen LogP contribution in [0.15, 0.2) is 91.4 Å². The molecule has 0 spiro atoms. The van der Waals surface area contributed by atoms with Crippen LogP contribution in [0.5, 0.6) is 5.75 Å². The van der Waals surface area contributed by atoms with Gasteiger partial charge in [-0.15, -0.1) is 0 Å². The van der Waals surface area contributed by atoms with E-state index in [-0.39, 0.29) is 54.4 Å². The third kappa shape index (κ3) is 10.1. The van der Waals surface area contributed by atoms with E-state index in [0.717, 1.165) is 74.6 Å². The van der Waals surface area contributed by atoms with Gasteiger partial charge in [-0.1, -0.05) is 70.2 Å². The number of carbonyl (C=O) groups excluding carboxylic acids is 4. The number of benzene rings is 3. The SMILES string of the molecule is CCn1c2c3c4cc(ccc41)-c1cc(O)cc(c1)CC(NC(=O)C(C(C)C)N(C)C(=O)C1OCCC1c1ccccc1)C(=O)N1NC(C(=O)OCC(C)(C)C3C(OC)c3ncc(-c4cnc(CN5CCOCC5)nc4)cc3-2)C2CC1C2. The second kappa shape index (κ2) is 22.0. The Hall–Kier alpha value is -7.09. The molecule has 18 nitrogen and oxygen atoms in total. The van der Waals surface area contributed by atoms with E-state index in [2.05, 4.69) is 59.2 Å². The number of carbonyl (C=O) groups is 4. The molecule has 4 saturated heterocycles. The van der Waals surface area contributed by atoms with Crippen molar-refractivity contribution < 1.29 is 43.2 Å². The Labute approximate surface area is 472 Å². The first-order chi connectivity index (χ1) is 39.1. The van der Waals surface area contributed by atoms with Crippen LogP contribution in [0.3, 0.4) is 0 Å². The summed E-state index contributed by atoms with van der Waals surface area (Å²) in [6.45, 7) is 14.8. The predicted molar refractivity (Wildman–Crippen MR) is 303 cm³/mol. The van der Waals surface area contributed by atoms with E-state index in [1.54, 1.807) is 26.3 Å². The van der Waals surface area contributed by atoms with Gasteiger partial charge >= 0.3 is 5.97 Å². The Morgan fingerprint density at radius 3 is 2.41 bits per heavy atom. The number of methoxy groups -OCH3 is 1. The number of likely N-dealkylation sites (N-methyl/N-ethyl adjacent to an activating group) is 1. The van der Waals surface area contributed by atoms with Crippen molar-refractivity contribution in [3.05, 3.63) is 120 Å². The summed E-state index contributed by atoms with van der Waals surface area (Å²) in [6.07, 6.45) is 6.04. The maximum atomic E-state index is 15.3. The molecule has 5 aliphatic heterocycles. The summed E-state index contributed by atoms with van der Waals surface area (Å²) in [6, 6.07) is 20.4. The van der Waals surface area contributed by atoms with Crippen LogP contribution in [-0.2, 0) is 57.6 Å². The third-order valence-electron chi connectivity index (χ3n) is 18.0. The molecule has 1 saturated carbocycles. The van der Waals surface area contributed by atoms with Crippen molar-refractivity contribution in [1.29, 1.82) is 0 Å². The van der Waals surface area contributed by atoms with Crippen molar-refractivity contribution in [2.24, 2.45) is 17.3 Å². The number of hydrogen-bond acceptors (Lipinski definition) is 14. The van der Waals surface area contributed by atoms with Crippen LogP contribution >= 0.6 is 0 Å². The number of hydrazine groups is 1. The number of amides is 3. The van der Waals surface area contributed by atoms with Gasteiger partial charge in [0.05, 0.1) is 37.8 Å². The second-order valence-corrected chi connectivity index (χ2v) is 24.0. The summed E-state index contributed by atoms with van der Waals surface area (Å²) in [5.74, 6) is -1.99. The first-order valence-corrected chi connectivity index (χ1v) is 28.7. The summed E-state index contributed by atoms with van der Waals surface area (Å²) in [5.41, 5.74) is 12.0. The van der Waals surface area contributed by atoms with Crippen molar-refractivity contribution in [3.8, 4) is 39.3 Å². The highest BCUT2D eigenvalue weighted by molar-refractivity contribution is 5.98. The Morgan fingerprint density at radius 1 is 0.926 bits per heavy atom. The van der Waals surface area contributed by atoms with E-state index in [4.69, 9.17) is 33.9 Å². The predicted octanol–water partition coefficient (Wildman–Crippen LogP) is 7.33. The standard InChI is InChI=1S/C63H73N9O9/c1-8-71-49-15-14-38-28-46(49)51-52(58(78-7)54-47(56(51)71)29-41(30-66-54)42-31-64-50(65-32-42)33-70-17-20-79-21-18-70)63(4,5)34-81-62(77)53-40-25-43(26-40)72(68-53)60(75)48(24-36-22-39(38)27-44(73)23-36)67-59(74)55(35(2)3)69(6)61(76)57-45(16-19-80-57)37-12-10-9-11-13-37/h9-15,22-23,27-32,35,40,43,45,48,52-53,55,57-58,68,73H,8,16-21,24-26,33-34H2,1-7H3,(H,67,74). The van der Waals surface area contributed by atoms with Gasteiger partial charge in [0.1, 0.15) is 41.9 Å². The minimum Gasteiger partial charge on any atom is -0.508 e. The van der Waals surface area contributed by atoms with Gasteiger partial charge in [-0.3, -0.25) is 34.1 Å². The summed E-state index contributed by atoms with van der Waals surface area (Å²) >= 11 is 0.